The summed E-state index contributed by atoms with van der Waals surface area (Å²) < 4.78 is 5.35. The lowest BCUT2D eigenvalue weighted by Gasteiger charge is -2.42. The molecule has 0 atom stereocenters. The first-order valence-electron chi connectivity index (χ1n) is 9.27. The minimum atomic E-state index is -0.785. The number of furan rings is 1. The first-order valence-corrected chi connectivity index (χ1v) is 10.1. The molecule has 0 bridgehead atoms. The van der Waals surface area contributed by atoms with Gasteiger partial charge in [0.1, 0.15) is 5.69 Å². The van der Waals surface area contributed by atoms with Crippen molar-refractivity contribution in [3.8, 4) is 10.8 Å². The zero-order valence-corrected chi connectivity index (χ0v) is 16.0. The summed E-state index contributed by atoms with van der Waals surface area (Å²) in [6.07, 6.45) is 5.57. The van der Waals surface area contributed by atoms with Crippen molar-refractivity contribution in [1.29, 1.82) is 0 Å². The lowest BCUT2D eigenvalue weighted by molar-refractivity contribution is -0.139. The van der Waals surface area contributed by atoms with Crippen molar-refractivity contribution in [2.45, 2.75) is 44.7 Å². The highest BCUT2D eigenvalue weighted by Gasteiger charge is 2.38. The van der Waals surface area contributed by atoms with E-state index >= 15 is 0 Å². The smallest absolute Gasteiger partial charge is 0.317 e. The van der Waals surface area contributed by atoms with Gasteiger partial charge < -0.3 is 14.8 Å². The van der Waals surface area contributed by atoms with Crippen LogP contribution >= 0.6 is 11.3 Å². The number of aryl methyl sites for hydroxylation is 1. The monoisotopic (exact) mass is 389 g/mol. The van der Waals surface area contributed by atoms with Crippen LogP contribution in [0.15, 0.2) is 22.8 Å². The van der Waals surface area contributed by atoms with Crippen molar-refractivity contribution in [2.24, 2.45) is 5.92 Å². The number of carbonyl (C=O) groups is 2. The number of hydrogen-bond acceptors (Lipinski definition) is 6. The molecule has 2 fully saturated rings. The number of hydrogen-bond donors (Lipinski definition) is 2. The van der Waals surface area contributed by atoms with E-state index in [1.54, 1.807) is 12.3 Å². The van der Waals surface area contributed by atoms with Gasteiger partial charge >= 0.3 is 5.97 Å². The number of carboxylic acids is 1. The maximum absolute atomic E-state index is 12.6. The zero-order chi connectivity index (χ0) is 19.0. The Bertz CT molecular complexity index is 822. The number of amides is 1. The summed E-state index contributed by atoms with van der Waals surface area (Å²) in [5.74, 6) is 0.356. The second-order valence-electron chi connectivity index (χ2n) is 7.46. The van der Waals surface area contributed by atoms with Gasteiger partial charge in [0, 0.05) is 23.5 Å². The first kappa shape index (κ1) is 18.2. The van der Waals surface area contributed by atoms with E-state index in [0.717, 1.165) is 24.3 Å². The van der Waals surface area contributed by atoms with Crippen LogP contribution in [-0.2, 0) is 4.79 Å². The van der Waals surface area contributed by atoms with Crippen LogP contribution in [0.5, 0.6) is 0 Å². The van der Waals surface area contributed by atoms with Gasteiger partial charge in [0.25, 0.3) is 5.91 Å². The summed E-state index contributed by atoms with van der Waals surface area (Å²) in [5.41, 5.74) is 0.440. The van der Waals surface area contributed by atoms with Gasteiger partial charge in [0.05, 0.1) is 12.8 Å². The minimum Gasteiger partial charge on any atom is -0.480 e. The van der Waals surface area contributed by atoms with Crippen LogP contribution in [0.25, 0.3) is 10.8 Å². The highest BCUT2D eigenvalue weighted by molar-refractivity contribution is 7.15. The largest absolute Gasteiger partial charge is 0.480 e. The number of aromatic nitrogens is 1. The summed E-state index contributed by atoms with van der Waals surface area (Å²) >= 11 is 1.44. The molecule has 2 N–H and O–H groups in total. The van der Waals surface area contributed by atoms with Gasteiger partial charge in [0.15, 0.2) is 10.8 Å². The highest BCUT2D eigenvalue weighted by atomic mass is 32.1. The minimum absolute atomic E-state index is 0.0751. The Hall–Kier alpha value is -2.19. The van der Waals surface area contributed by atoms with Crippen LogP contribution in [0.4, 0.5) is 0 Å². The molecule has 2 aromatic rings. The maximum atomic E-state index is 12.6. The molecular weight excluding hydrogens is 366 g/mol. The number of nitrogens with one attached hydrogen (secondary N) is 1. The highest BCUT2D eigenvalue weighted by Crippen LogP contribution is 2.34. The molecule has 7 nitrogen and oxygen atoms in total. The van der Waals surface area contributed by atoms with E-state index in [1.165, 1.54) is 24.2 Å². The Balaban J connectivity index is 1.33. The Morgan fingerprint density at radius 2 is 2.19 bits per heavy atom. The summed E-state index contributed by atoms with van der Waals surface area (Å²) in [6, 6.07) is 3.94. The Morgan fingerprint density at radius 3 is 2.81 bits per heavy atom. The molecule has 27 heavy (non-hydrogen) atoms. The number of thiazole rings is 1. The molecule has 0 saturated heterocycles. The molecule has 2 aliphatic rings. The quantitative estimate of drug-likeness (QED) is 0.721. The van der Waals surface area contributed by atoms with Gasteiger partial charge in [0.2, 0.25) is 0 Å². The van der Waals surface area contributed by atoms with Gasteiger partial charge in [-0.05, 0) is 50.7 Å². The average Bonchev–Trinajstić information content (AvgIpc) is 3.07. The molecule has 2 heterocycles. The molecule has 8 heteroatoms. The van der Waals surface area contributed by atoms with E-state index in [4.69, 9.17) is 9.52 Å². The molecule has 0 unspecified atom stereocenters. The average molecular weight is 389 g/mol. The van der Waals surface area contributed by atoms with E-state index < -0.39 is 5.97 Å². The van der Waals surface area contributed by atoms with Crippen LogP contribution in [0.3, 0.4) is 0 Å². The van der Waals surface area contributed by atoms with Crippen LogP contribution in [0.2, 0.25) is 0 Å². The van der Waals surface area contributed by atoms with Crippen LogP contribution in [0.1, 0.15) is 41.0 Å². The third kappa shape index (κ3) is 4.22. The molecule has 2 saturated carbocycles. The molecule has 2 aromatic heterocycles. The second-order valence-corrected chi connectivity index (χ2v) is 8.67. The fourth-order valence-electron chi connectivity index (χ4n) is 3.52. The van der Waals surface area contributed by atoms with E-state index in [2.05, 4.69) is 15.2 Å². The zero-order valence-electron chi connectivity index (χ0n) is 15.2. The second kappa shape index (κ2) is 7.44. The van der Waals surface area contributed by atoms with Gasteiger partial charge in [-0.1, -0.05) is 0 Å². The van der Waals surface area contributed by atoms with Crippen LogP contribution < -0.4 is 5.32 Å². The van der Waals surface area contributed by atoms with Crippen molar-refractivity contribution in [1.82, 2.24) is 15.2 Å². The van der Waals surface area contributed by atoms with Crippen molar-refractivity contribution >= 4 is 23.2 Å². The number of carbonyl (C=O) groups excluding carboxylic acids is 1. The Labute approximate surface area is 161 Å². The maximum Gasteiger partial charge on any atom is 0.317 e. The summed E-state index contributed by atoms with van der Waals surface area (Å²) in [5, 5.41) is 12.9. The van der Waals surface area contributed by atoms with E-state index in [0.29, 0.717) is 22.4 Å². The van der Waals surface area contributed by atoms with E-state index in [1.807, 2.05) is 13.0 Å². The fraction of sp³-hybridized carbons (Fsp3) is 0.526. The molecular formula is C19H23N3O4S. The number of aliphatic carboxylic acids is 1. The Morgan fingerprint density at radius 1 is 1.41 bits per heavy atom. The Kier molecular flexibility index (Phi) is 5.01. The fourth-order valence-corrected chi connectivity index (χ4v) is 4.40. The normalized spacial score (nSPS) is 21.9. The molecule has 4 rings (SSSR count). The van der Waals surface area contributed by atoms with Crippen molar-refractivity contribution < 1.29 is 19.1 Å². The lowest BCUT2D eigenvalue weighted by Crippen LogP contribution is -2.55. The molecule has 0 aliphatic heterocycles. The number of rotatable bonds is 8. The first-order chi connectivity index (χ1) is 13.0. The topological polar surface area (TPSA) is 95.7 Å². The predicted molar refractivity (Wildman–Crippen MR) is 101 cm³/mol. The van der Waals surface area contributed by atoms with Gasteiger partial charge in [-0.3, -0.25) is 14.5 Å². The molecule has 2 aliphatic carbocycles. The molecule has 0 aromatic carbocycles. The van der Waals surface area contributed by atoms with Crippen molar-refractivity contribution in [3.63, 3.8) is 0 Å². The van der Waals surface area contributed by atoms with Gasteiger partial charge in [-0.25, -0.2) is 4.98 Å². The van der Waals surface area contributed by atoms with E-state index in [-0.39, 0.29) is 24.5 Å². The van der Waals surface area contributed by atoms with Crippen molar-refractivity contribution in [2.75, 3.05) is 13.1 Å². The summed E-state index contributed by atoms with van der Waals surface area (Å²) in [4.78, 5) is 31.0. The molecule has 0 radical (unpaired) electrons. The van der Waals surface area contributed by atoms with Gasteiger partial charge in [-0.2, -0.15) is 0 Å². The van der Waals surface area contributed by atoms with Gasteiger partial charge in [-0.15, -0.1) is 11.3 Å². The molecule has 0 spiro atoms. The molecule has 1 amide bonds. The van der Waals surface area contributed by atoms with Crippen LogP contribution in [0, 0.1) is 12.8 Å². The summed E-state index contributed by atoms with van der Waals surface area (Å²) in [7, 11) is 0. The van der Waals surface area contributed by atoms with Crippen LogP contribution in [-0.4, -0.2) is 52.0 Å². The third-order valence-electron chi connectivity index (χ3n) is 5.24. The SMILES string of the molecule is Cc1sc(-c2ccco2)nc1C(=O)NC1CC(N(CC(=O)O)CC2CC2)C1. The summed E-state index contributed by atoms with van der Waals surface area (Å²) in [6.45, 7) is 2.82. The predicted octanol–water partition coefficient (Wildman–Crippen LogP) is 2.77. The standard InChI is InChI=1S/C19H23N3O4S/c1-11-17(21-19(27-11)15-3-2-6-26-15)18(25)20-13-7-14(8-13)22(10-16(23)24)9-12-4-5-12/h2-3,6,12-14H,4-5,7-10H2,1H3,(H,20,25)(H,23,24). The van der Waals surface area contributed by atoms with E-state index in [9.17, 15) is 9.59 Å². The third-order valence-corrected chi connectivity index (χ3v) is 6.22. The molecule has 144 valence electrons. The number of nitrogens with zero attached hydrogens (tertiary/aromatic N) is 2. The van der Waals surface area contributed by atoms with Crippen molar-refractivity contribution in [3.05, 3.63) is 29.0 Å². The lowest BCUT2D eigenvalue weighted by atomic mass is 9.85. The number of carboxylic acid groups (broad SMARTS) is 1.